The van der Waals surface area contributed by atoms with Gasteiger partial charge in [0.05, 0.1) is 6.04 Å². The van der Waals surface area contributed by atoms with E-state index in [0.29, 0.717) is 38.1 Å². The van der Waals surface area contributed by atoms with Crippen LogP contribution in [0.3, 0.4) is 0 Å². The van der Waals surface area contributed by atoms with Gasteiger partial charge in [0, 0.05) is 50.7 Å². The Morgan fingerprint density at radius 1 is 0.704 bits per heavy atom. The summed E-state index contributed by atoms with van der Waals surface area (Å²) in [6.07, 6.45) is 3.04. The summed E-state index contributed by atoms with van der Waals surface area (Å²) in [6, 6.07) is 0.885. The lowest BCUT2D eigenvalue weighted by molar-refractivity contribution is -0.123. The molecule has 0 aliphatic carbocycles. The minimum Gasteiger partial charge on any atom is -0.356 e. The van der Waals surface area contributed by atoms with E-state index in [1.54, 1.807) is 0 Å². The molecule has 27 heavy (non-hydrogen) atoms. The zero-order valence-corrected chi connectivity index (χ0v) is 18.3. The number of unbranched alkanes of at least 4 members (excludes halogenated alkanes) is 1. The molecule has 160 valence electrons. The average molecular weight is 386 g/mol. The van der Waals surface area contributed by atoms with Crippen molar-refractivity contribution in [1.29, 1.82) is 0 Å². The summed E-state index contributed by atoms with van der Waals surface area (Å²) in [7, 11) is 0. The van der Waals surface area contributed by atoms with E-state index in [0.717, 1.165) is 25.8 Å². The summed E-state index contributed by atoms with van der Waals surface area (Å²) in [5.41, 5.74) is 0. The summed E-state index contributed by atoms with van der Waals surface area (Å²) in [5, 5.41) is 15.8. The van der Waals surface area contributed by atoms with Crippen LogP contribution in [0.1, 0.15) is 67.2 Å². The van der Waals surface area contributed by atoms with E-state index in [1.165, 1.54) is 0 Å². The van der Waals surface area contributed by atoms with Gasteiger partial charge in [-0.3, -0.25) is 9.59 Å². The fourth-order valence-corrected chi connectivity index (χ4v) is 2.63. The van der Waals surface area contributed by atoms with Gasteiger partial charge in [-0.15, -0.1) is 0 Å². The largest absolute Gasteiger partial charge is 0.356 e. The van der Waals surface area contributed by atoms with Crippen molar-refractivity contribution >= 4 is 11.8 Å². The lowest BCUT2D eigenvalue weighted by Gasteiger charge is -2.21. The van der Waals surface area contributed by atoms with E-state index >= 15 is 0 Å². The summed E-state index contributed by atoms with van der Waals surface area (Å²) in [6.45, 7) is 15.2. The second-order valence-electron chi connectivity index (χ2n) is 7.98. The van der Waals surface area contributed by atoms with Crippen molar-refractivity contribution in [2.24, 2.45) is 0 Å². The maximum atomic E-state index is 12.4. The summed E-state index contributed by atoms with van der Waals surface area (Å²) >= 11 is 0. The maximum absolute atomic E-state index is 12.4. The first-order valence-corrected chi connectivity index (χ1v) is 10.5. The zero-order valence-electron chi connectivity index (χ0n) is 18.3. The third-order valence-corrected chi connectivity index (χ3v) is 3.97. The second kappa shape index (κ2) is 15.8. The molecule has 0 spiro atoms. The zero-order chi connectivity index (χ0) is 20.7. The third-order valence-electron chi connectivity index (χ3n) is 3.97. The van der Waals surface area contributed by atoms with Crippen LogP contribution in [0.15, 0.2) is 0 Å². The van der Waals surface area contributed by atoms with Crippen molar-refractivity contribution in [3.63, 3.8) is 0 Å². The number of carbonyl (C=O) groups is 2. The first-order chi connectivity index (χ1) is 12.7. The maximum Gasteiger partial charge on any atom is 0.237 e. The molecule has 0 saturated heterocycles. The highest BCUT2D eigenvalue weighted by molar-refractivity contribution is 5.81. The highest BCUT2D eigenvalue weighted by Crippen LogP contribution is 2.02. The van der Waals surface area contributed by atoms with Crippen molar-refractivity contribution < 1.29 is 9.59 Å². The first kappa shape index (κ1) is 25.8. The number of hydrogen-bond donors (Lipinski definition) is 5. The van der Waals surface area contributed by atoms with Crippen molar-refractivity contribution in [3.8, 4) is 0 Å². The van der Waals surface area contributed by atoms with Gasteiger partial charge in [0.25, 0.3) is 0 Å². The minimum atomic E-state index is -0.185. The number of hydrogen-bond acceptors (Lipinski definition) is 5. The molecule has 0 heterocycles. The fraction of sp³-hybridized carbons (Fsp3) is 0.900. The van der Waals surface area contributed by atoms with Gasteiger partial charge in [-0.25, -0.2) is 0 Å². The predicted octanol–water partition coefficient (Wildman–Crippen LogP) is 1.14. The Kier molecular flexibility index (Phi) is 15.1. The lowest BCUT2D eigenvalue weighted by atomic mass is 10.1. The molecule has 0 rings (SSSR count). The number of carbonyl (C=O) groups excluding carboxylic acids is 2. The quantitative estimate of drug-likeness (QED) is 0.257. The van der Waals surface area contributed by atoms with E-state index in [4.69, 9.17) is 0 Å². The summed E-state index contributed by atoms with van der Waals surface area (Å²) in [5.74, 6) is 0.133. The molecule has 7 heteroatoms. The Hall–Kier alpha value is -1.18. The minimum absolute atomic E-state index is 0.0538. The highest BCUT2D eigenvalue weighted by atomic mass is 16.2. The predicted molar refractivity (Wildman–Crippen MR) is 113 cm³/mol. The van der Waals surface area contributed by atoms with Crippen molar-refractivity contribution in [1.82, 2.24) is 26.6 Å². The standard InChI is InChI=1S/C20H43N5O2/c1-15(2)21-12-10-19(26)23-11-8-7-9-18(25-17(5)6)20(27)24-14-13-22-16(3)4/h15-18,21-22,25H,7-14H2,1-6H3,(H,23,26)(H,24,27). The SMILES string of the molecule is CC(C)NCCNC(=O)C(CCCCNC(=O)CCNC(C)C)NC(C)C. The molecule has 1 atom stereocenters. The van der Waals surface area contributed by atoms with Crippen molar-refractivity contribution in [2.45, 2.75) is 91.4 Å². The molecule has 0 aromatic heterocycles. The first-order valence-electron chi connectivity index (χ1n) is 10.5. The Balaban J connectivity index is 3.99. The van der Waals surface area contributed by atoms with Gasteiger partial charge in [-0.2, -0.15) is 0 Å². The number of rotatable bonds is 16. The average Bonchev–Trinajstić information content (AvgIpc) is 2.56. The molecule has 7 nitrogen and oxygen atoms in total. The molecule has 5 N–H and O–H groups in total. The number of amides is 2. The molecule has 0 aromatic rings. The van der Waals surface area contributed by atoms with Gasteiger partial charge in [-0.1, -0.05) is 41.5 Å². The highest BCUT2D eigenvalue weighted by Gasteiger charge is 2.18. The van der Waals surface area contributed by atoms with Gasteiger partial charge in [0.2, 0.25) is 11.8 Å². The van der Waals surface area contributed by atoms with Crippen LogP contribution in [-0.2, 0) is 9.59 Å². The van der Waals surface area contributed by atoms with Gasteiger partial charge < -0.3 is 26.6 Å². The summed E-state index contributed by atoms with van der Waals surface area (Å²) < 4.78 is 0. The van der Waals surface area contributed by atoms with E-state index in [2.05, 4.69) is 54.3 Å². The van der Waals surface area contributed by atoms with Gasteiger partial charge in [-0.05, 0) is 19.3 Å². The van der Waals surface area contributed by atoms with Crippen LogP contribution < -0.4 is 26.6 Å². The van der Waals surface area contributed by atoms with E-state index < -0.39 is 0 Å². The van der Waals surface area contributed by atoms with Gasteiger partial charge in [0.15, 0.2) is 0 Å². The Labute approximate surface area is 166 Å². The molecule has 0 bridgehead atoms. The molecule has 0 aliphatic heterocycles. The van der Waals surface area contributed by atoms with Crippen LogP contribution in [-0.4, -0.2) is 62.2 Å². The van der Waals surface area contributed by atoms with Gasteiger partial charge in [0.1, 0.15) is 0 Å². The van der Waals surface area contributed by atoms with Crippen molar-refractivity contribution in [3.05, 3.63) is 0 Å². The molecule has 2 amide bonds. The van der Waals surface area contributed by atoms with Crippen molar-refractivity contribution in [2.75, 3.05) is 26.2 Å². The van der Waals surface area contributed by atoms with E-state index in [1.807, 2.05) is 13.8 Å². The van der Waals surface area contributed by atoms with Gasteiger partial charge >= 0.3 is 0 Å². The van der Waals surface area contributed by atoms with Crippen LogP contribution in [0.2, 0.25) is 0 Å². The van der Waals surface area contributed by atoms with Crippen LogP contribution in [0.5, 0.6) is 0 Å². The van der Waals surface area contributed by atoms with Crippen LogP contribution >= 0.6 is 0 Å². The molecular formula is C20H43N5O2. The van der Waals surface area contributed by atoms with Crippen LogP contribution in [0, 0.1) is 0 Å². The smallest absolute Gasteiger partial charge is 0.237 e. The lowest BCUT2D eigenvalue weighted by Crippen LogP contribution is -2.48. The van der Waals surface area contributed by atoms with Crippen LogP contribution in [0.25, 0.3) is 0 Å². The topological polar surface area (TPSA) is 94.3 Å². The molecule has 0 aliphatic rings. The third kappa shape index (κ3) is 16.7. The molecule has 0 aromatic carbocycles. The monoisotopic (exact) mass is 385 g/mol. The molecular weight excluding hydrogens is 342 g/mol. The Bertz CT molecular complexity index is 400. The van der Waals surface area contributed by atoms with Crippen LogP contribution in [0.4, 0.5) is 0 Å². The Morgan fingerprint density at radius 2 is 1.33 bits per heavy atom. The second-order valence-corrected chi connectivity index (χ2v) is 7.98. The number of nitrogens with one attached hydrogen (secondary N) is 5. The molecule has 1 unspecified atom stereocenters. The summed E-state index contributed by atoms with van der Waals surface area (Å²) in [4.78, 5) is 24.1. The Morgan fingerprint density at radius 3 is 1.93 bits per heavy atom. The van der Waals surface area contributed by atoms with E-state index in [-0.39, 0.29) is 23.9 Å². The normalized spacial score (nSPS) is 12.6. The van der Waals surface area contributed by atoms with E-state index in [9.17, 15) is 9.59 Å². The molecule has 0 saturated carbocycles. The molecule has 0 radical (unpaired) electrons. The fourth-order valence-electron chi connectivity index (χ4n) is 2.63. The molecule has 0 fully saturated rings.